The second-order valence-electron chi connectivity index (χ2n) is 6.35. The summed E-state index contributed by atoms with van der Waals surface area (Å²) in [5, 5.41) is 5.28. The quantitative estimate of drug-likeness (QED) is 0.565. The van der Waals surface area contributed by atoms with Gasteiger partial charge in [0, 0.05) is 10.6 Å². The summed E-state index contributed by atoms with van der Waals surface area (Å²) in [7, 11) is 1.25. The number of methoxy groups -OCH3 is 1. The van der Waals surface area contributed by atoms with Gasteiger partial charge in [-0.25, -0.2) is 4.39 Å². The van der Waals surface area contributed by atoms with Crippen LogP contribution in [0.5, 0.6) is 0 Å². The van der Waals surface area contributed by atoms with Gasteiger partial charge < -0.3 is 15.4 Å². The molecule has 6 nitrogen and oxygen atoms in total. The first-order valence-corrected chi connectivity index (χ1v) is 9.86. The molecule has 0 saturated carbocycles. The monoisotopic (exact) mass is 426 g/mol. The molecule has 0 fully saturated rings. The summed E-state index contributed by atoms with van der Waals surface area (Å²) in [6, 6.07) is 16.5. The highest BCUT2D eigenvalue weighted by atomic mass is 32.1. The normalized spacial score (nSPS) is 10.3. The van der Waals surface area contributed by atoms with E-state index in [4.69, 9.17) is 0 Å². The molecule has 0 aliphatic rings. The number of carbonyl (C=O) groups is 3. The Labute approximate surface area is 176 Å². The van der Waals surface area contributed by atoms with Crippen molar-refractivity contribution in [3.8, 4) is 10.4 Å². The highest BCUT2D eigenvalue weighted by molar-refractivity contribution is 7.17. The maximum atomic E-state index is 13.1. The van der Waals surface area contributed by atoms with Crippen LogP contribution in [0.3, 0.4) is 0 Å². The predicted octanol–water partition coefficient (Wildman–Crippen LogP) is 3.64. The maximum absolute atomic E-state index is 13.1. The summed E-state index contributed by atoms with van der Waals surface area (Å²) in [6.07, 6.45) is 0.108. The number of hydrogen-bond donors (Lipinski definition) is 2. The molecule has 0 saturated heterocycles. The number of anilines is 1. The smallest absolute Gasteiger partial charge is 0.325 e. The van der Waals surface area contributed by atoms with Crippen LogP contribution in [0.1, 0.15) is 15.2 Å². The van der Waals surface area contributed by atoms with Crippen molar-refractivity contribution >= 4 is 34.8 Å². The van der Waals surface area contributed by atoms with E-state index < -0.39 is 5.97 Å². The topological polar surface area (TPSA) is 84.5 Å². The van der Waals surface area contributed by atoms with E-state index in [2.05, 4.69) is 15.4 Å². The first-order valence-electron chi connectivity index (χ1n) is 9.04. The summed E-state index contributed by atoms with van der Waals surface area (Å²) in [5.41, 5.74) is 2.18. The molecule has 3 aromatic rings. The van der Waals surface area contributed by atoms with Crippen LogP contribution in [-0.4, -0.2) is 31.4 Å². The molecular weight excluding hydrogens is 407 g/mol. The molecule has 0 unspecified atom stereocenters. The predicted molar refractivity (Wildman–Crippen MR) is 113 cm³/mol. The molecule has 30 heavy (non-hydrogen) atoms. The van der Waals surface area contributed by atoms with Crippen molar-refractivity contribution in [3.63, 3.8) is 0 Å². The summed E-state index contributed by atoms with van der Waals surface area (Å²) in [5.74, 6) is -1.38. The maximum Gasteiger partial charge on any atom is 0.325 e. The van der Waals surface area contributed by atoms with Crippen LogP contribution in [0.4, 0.5) is 10.1 Å². The number of carbonyl (C=O) groups excluding carboxylic acids is 3. The van der Waals surface area contributed by atoms with Crippen molar-refractivity contribution in [2.24, 2.45) is 0 Å². The molecule has 1 aromatic heterocycles. The van der Waals surface area contributed by atoms with Crippen LogP contribution in [0, 0.1) is 5.82 Å². The molecular formula is C22H19FN2O4S. The van der Waals surface area contributed by atoms with Gasteiger partial charge >= 0.3 is 5.97 Å². The van der Waals surface area contributed by atoms with Crippen LogP contribution in [0.15, 0.2) is 60.7 Å². The van der Waals surface area contributed by atoms with Crippen molar-refractivity contribution in [3.05, 3.63) is 76.9 Å². The molecule has 2 aromatic carbocycles. The van der Waals surface area contributed by atoms with E-state index in [9.17, 15) is 18.8 Å². The molecule has 0 spiro atoms. The zero-order valence-electron chi connectivity index (χ0n) is 16.1. The van der Waals surface area contributed by atoms with E-state index in [-0.39, 0.29) is 30.6 Å². The molecule has 3 rings (SSSR count). The number of esters is 1. The van der Waals surface area contributed by atoms with Gasteiger partial charge in [0.25, 0.3) is 5.91 Å². The number of rotatable bonds is 7. The zero-order valence-corrected chi connectivity index (χ0v) is 16.9. The van der Waals surface area contributed by atoms with Gasteiger partial charge in [-0.1, -0.05) is 24.3 Å². The van der Waals surface area contributed by atoms with Crippen molar-refractivity contribution in [2.75, 3.05) is 19.0 Å². The number of halogens is 1. The summed E-state index contributed by atoms with van der Waals surface area (Å²) >= 11 is 1.32. The first-order chi connectivity index (χ1) is 14.4. The van der Waals surface area contributed by atoms with Gasteiger partial charge in [0.05, 0.1) is 18.4 Å². The Morgan fingerprint density at radius 3 is 2.33 bits per heavy atom. The fourth-order valence-corrected chi connectivity index (χ4v) is 3.53. The van der Waals surface area contributed by atoms with Crippen LogP contribution in [-0.2, 0) is 20.7 Å². The second-order valence-corrected chi connectivity index (χ2v) is 7.44. The van der Waals surface area contributed by atoms with Crippen molar-refractivity contribution in [1.29, 1.82) is 0 Å². The molecule has 0 aliphatic heterocycles. The van der Waals surface area contributed by atoms with E-state index in [0.29, 0.717) is 10.6 Å². The lowest BCUT2D eigenvalue weighted by molar-refractivity contribution is -0.141. The second kappa shape index (κ2) is 9.80. The minimum Gasteiger partial charge on any atom is -0.468 e. The lowest BCUT2D eigenvalue weighted by Gasteiger charge is -2.06. The number of ether oxygens (including phenoxy) is 1. The molecule has 0 bridgehead atoms. The highest BCUT2D eigenvalue weighted by Crippen LogP contribution is 2.28. The van der Waals surface area contributed by atoms with Gasteiger partial charge in [-0.2, -0.15) is 0 Å². The molecule has 154 valence electrons. The van der Waals surface area contributed by atoms with Gasteiger partial charge in [-0.05, 0) is 47.5 Å². The molecule has 8 heteroatoms. The van der Waals surface area contributed by atoms with E-state index >= 15 is 0 Å². The standard InChI is InChI=1S/C22H19FN2O4S/c1-29-21(27)13-24-20(26)12-14-2-8-17(9-3-14)25-22(28)19-11-10-18(30-19)15-4-6-16(23)7-5-15/h2-11H,12-13H2,1H3,(H,24,26)(H,25,28). The van der Waals surface area contributed by atoms with Gasteiger partial charge in [-0.15, -0.1) is 11.3 Å². The van der Waals surface area contributed by atoms with Gasteiger partial charge in [-0.3, -0.25) is 14.4 Å². The Balaban J connectivity index is 1.56. The van der Waals surface area contributed by atoms with E-state index in [1.165, 1.54) is 30.6 Å². The Morgan fingerprint density at radius 2 is 1.67 bits per heavy atom. The summed E-state index contributed by atoms with van der Waals surface area (Å²) in [4.78, 5) is 36.7. The molecule has 2 amide bonds. The van der Waals surface area contributed by atoms with Crippen LogP contribution in [0.25, 0.3) is 10.4 Å². The summed E-state index contributed by atoms with van der Waals surface area (Å²) < 4.78 is 17.5. The van der Waals surface area contributed by atoms with Crippen LogP contribution < -0.4 is 10.6 Å². The van der Waals surface area contributed by atoms with Crippen molar-refractivity contribution < 1.29 is 23.5 Å². The Bertz CT molecular complexity index is 1050. The number of nitrogens with one attached hydrogen (secondary N) is 2. The van der Waals surface area contributed by atoms with Crippen molar-refractivity contribution in [1.82, 2.24) is 5.32 Å². The largest absolute Gasteiger partial charge is 0.468 e. The number of amides is 2. The van der Waals surface area contributed by atoms with Gasteiger partial charge in [0.1, 0.15) is 12.4 Å². The van der Waals surface area contributed by atoms with Crippen LogP contribution >= 0.6 is 11.3 Å². The Morgan fingerprint density at radius 1 is 0.967 bits per heavy atom. The zero-order chi connectivity index (χ0) is 21.5. The average molecular weight is 426 g/mol. The molecule has 1 heterocycles. The Hall–Kier alpha value is -3.52. The van der Waals surface area contributed by atoms with Crippen LogP contribution in [0.2, 0.25) is 0 Å². The highest BCUT2D eigenvalue weighted by Gasteiger charge is 2.11. The average Bonchev–Trinajstić information content (AvgIpc) is 3.24. The van der Waals surface area contributed by atoms with E-state index in [0.717, 1.165) is 16.0 Å². The molecule has 2 N–H and O–H groups in total. The molecule has 0 atom stereocenters. The first kappa shape index (κ1) is 21.2. The van der Waals surface area contributed by atoms with E-state index in [1.54, 1.807) is 42.5 Å². The third-order valence-electron chi connectivity index (χ3n) is 4.19. The third-order valence-corrected chi connectivity index (χ3v) is 5.33. The minimum atomic E-state index is -0.516. The lowest BCUT2D eigenvalue weighted by atomic mass is 10.1. The number of benzene rings is 2. The van der Waals surface area contributed by atoms with Gasteiger partial charge in [0.15, 0.2) is 0 Å². The molecule has 0 radical (unpaired) electrons. The van der Waals surface area contributed by atoms with Crippen molar-refractivity contribution in [2.45, 2.75) is 6.42 Å². The fraction of sp³-hybridized carbons (Fsp3) is 0.136. The van der Waals surface area contributed by atoms with Gasteiger partial charge in [0.2, 0.25) is 5.91 Å². The minimum absolute atomic E-state index is 0.108. The summed E-state index contributed by atoms with van der Waals surface area (Å²) in [6.45, 7) is -0.176. The third kappa shape index (κ3) is 5.74. The SMILES string of the molecule is COC(=O)CNC(=O)Cc1ccc(NC(=O)c2ccc(-c3ccc(F)cc3)s2)cc1. The lowest BCUT2D eigenvalue weighted by Crippen LogP contribution is -2.31. The Kier molecular flexibility index (Phi) is 6.92. The number of thiophene rings is 1. The van der Waals surface area contributed by atoms with E-state index in [1.807, 2.05) is 6.07 Å². The fourth-order valence-electron chi connectivity index (χ4n) is 2.62. The number of hydrogen-bond acceptors (Lipinski definition) is 5. The molecule has 0 aliphatic carbocycles.